The zero-order valence-electron chi connectivity index (χ0n) is 17.1. The van der Waals surface area contributed by atoms with Crippen molar-refractivity contribution < 1.29 is 13.2 Å². The molecule has 1 aliphatic carbocycles. The number of nitrogens with zero attached hydrogens (tertiary/aromatic N) is 1. The summed E-state index contributed by atoms with van der Waals surface area (Å²) in [7, 11) is 2.02. The first-order valence-corrected chi connectivity index (χ1v) is 10.9. The van der Waals surface area contributed by atoms with Gasteiger partial charge in [-0.05, 0) is 74.0 Å². The maximum atomic E-state index is 13.4. The van der Waals surface area contributed by atoms with Gasteiger partial charge in [0, 0.05) is 12.1 Å². The number of rotatable bonds is 8. The molecular formula is C24H26Cl2F3N. The van der Waals surface area contributed by atoms with Gasteiger partial charge in [-0.25, -0.2) is 0 Å². The van der Waals surface area contributed by atoms with Gasteiger partial charge in [-0.2, -0.15) is 13.2 Å². The summed E-state index contributed by atoms with van der Waals surface area (Å²) in [5.74, 6) is 0.630. The molecule has 6 heteroatoms. The van der Waals surface area contributed by atoms with Gasteiger partial charge in [0.15, 0.2) is 0 Å². The van der Waals surface area contributed by atoms with Gasteiger partial charge in [-0.3, -0.25) is 4.90 Å². The van der Waals surface area contributed by atoms with E-state index in [9.17, 15) is 13.2 Å². The first-order chi connectivity index (χ1) is 14.2. The van der Waals surface area contributed by atoms with Crippen LogP contribution >= 0.6 is 23.2 Å². The highest BCUT2D eigenvalue weighted by Gasteiger charge is 2.38. The number of halogens is 5. The van der Waals surface area contributed by atoms with Crippen LogP contribution in [0.25, 0.3) is 6.08 Å². The summed E-state index contributed by atoms with van der Waals surface area (Å²) in [5.41, 5.74) is 0.479. The molecule has 0 bridgehead atoms. The topological polar surface area (TPSA) is 3.24 Å². The van der Waals surface area contributed by atoms with Crippen molar-refractivity contribution in [3.8, 4) is 0 Å². The maximum Gasteiger partial charge on any atom is 0.416 e. The third-order valence-electron chi connectivity index (χ3n) is 5.98. The molecule has 1 aliphatic rings. The molecule has 0 N–H and O–H groups in total. The lowest BCUT2D eigenvalue weighted by molar-refractivity contribution is -0.137. The maximum absolute atomic E-state index is 13.4. The second-order valence-corrected chi connectivity index (χ2v) is 8.88. The molecule has 2 aromatic carbocycles. The lowest BCUT2D eigenvalue weighted by Crippen LogP contribution is -2.44. The molecule has 1 unspecified atom stereocenters. The Morgan fingerprint density at radius 1 is 1.03 bits per heavy atom. The first-order valence-electron chi connectivity index (χ1n) is 10.2. The van der Waals surface area contributed by atoms with E-state index >= 15 is 0 Å². The Morgan fingerprint density at radius 2 is 1.73 bits per heavy atom. The Morgan fingerprint density at radius 3 is 2.33 bits per heavy atom. The van der Waals surface area contributed by atoms with Crippen molar-refractivity contribution in [2.75, 3.05) is 13.6 Å². The summed E-state index contributed by atoms with van der Waals surface area (Å²) in [4.78, 5) is 2.24. The lowest BCUT2D eigenvalue weighted by Gasteiger charge is -2.42. The minimum Gasteiger partial charge on any atom is -0.296 e. The summed E-state index contributed by atoms with van der Waals surface area (Å²) >= 11 is 12.1. The Hall–Kier alpha value is -1.49. The molecule has 0 aliphatic heterocycles. The second-order valence-electron chi connectivity index (χ2n) is 8.07. The van der Waals surface area contributed by atoms with Crippen LogP contribution in [0.5, 0.6) is 0 Å². The normalized spacial score (nSPS) is 16.9. The summed E-state index contributed by atoms with van der Waals surface area (Å²) < 4.78 is 40.1. The van der Waals surface area contributed by atoms with Gasteiger partial charge in [0.2, 0.25) is 0 Å². The number of alkyl halides is 3. The largest absolute Gasteiger partial charge is 0.416 e. The average Bonchev–Trinajstić information content (AvgIpc) is 3.51. The van der Waals surface area contributed by atoms with Gasteiger partial charge in [-0.1, -0.05) is 60.5 Å². The lowest BCUT2D eigenvalue weighted by atomic mass is 9.81. The molecule has 162 valence electrons. The van der Waals surface area contributed by atoms with E-state index in [4.69, 9.17) is 23.2 Å². The Kier molecular flexibility index (Phi) is 7.21. The molecular weight excluding hydrogens is 430 g/mol. The van der Waals surface area contributed by atoms with Crippen LogP contribution in [0, 0.1) is 5.92 Å². The molecule has 1 saturated carbocycles. The summed E-state index contributed by atoms with van der Waals surface area (Å²) in [6.07, 6.45) is 3.27. The van der Waals surface area contributed by atoms with E-state index in [0.29, 0.717) is 34.4 Å². The molecule has 0 saturated heterocycles. The van der Waals surface area contributed by atoms with Gasteiger partial charge in [0.05, 0.1) is 15.6 Å². The molecule has 0 aromatic heterocycles. The third-order valence-corrected chi connectivity index (χ3v) is 6.72. The zero-order chi connectivity index (χ0) is 21.9. The van der Waals surface area contributed by atoms with E-state index in [2.05, 4.69) is 4.90 Å². The quantitative estimate of drug-likeness (QED) is 0.388. The van der Waals surface area contributed by atoms with Gasteiger partial charge in [0.1, 0.15) is 0 Å². The number of hydrogen-bond acceptors (Lipinski definition) is 1. The van der Waals surface area contributed by atoms with E-state index < -0.39 is 17.3 Å². The molecule has 1 nitrogen and oxygen atoms in total. The van der Waals surface area contributed by atoms with Crippen LogP contribution < -0.4 is 0 Å². The van der Waals surface area contributed by atoms with Crippen LogP contribution in [0.2, 0.25) is 10.0 Å². The van der Waals surface area contributed by atoms with Gasteiger partial charge in [-0.15, -0.1) is 0 Å². The minimum atomic E-state index is -4.36. The fourth-order valence-corrected chi connectivity index (χ4v) is 4.27. The standard InChI is InChI=1S/C24H26Cl2F3N/c1-3-23(30(2)16-18-9-10-18,19-7-4-8-20(15-19)24(27,28)29)13-5-6-17-11-12-21(25)22(26)14-17/h4-8,11-12,14-15,18H,3,9-10,13,16H2,1-2H3. The van der Waals surface area contributed by atoms with E-state index in [1.165, 1.54) is 25.0 Å². The van der Waals surface area contributed by atoms with Crippen molar-refractivity contribution >= 4 is 29.3 Å². The molecule has 0 spiro atoms. The number of benzene rings is 2. The third kappa shape index (κ3) is 5.40. The average molecular weight is 456 g/mol. The van der Waals surface area contributed by atoms with Crippen molar-refractivity contribution in [1.29, 1.82) is 0 Å². The molecule has 1 atom stereocenters. The Labute approximate surface area is 186 Å². The van der Waals surface area contributed by atoms with Crippen LogP contribution in [0.3, 0.4) is 0 Å². The Balaban J connectivity index is 1.94. The summed E-state index contributed by atoms with van der Waals surface area (Å²) in [6, 6.07) is 11.2. The smallest absolute Gasteiger partial charge is 0.296 e. The van der Waals surface area contributed by atoms with Crippen LogP contribution in [0.4, 0.5) is 13.2 Å². The fraction of sp³-hybridized carbons (Fsp3) is 0.417. The molecule has 2 aromatic rings. The van der Waals surface area contributed by atoms with Crippen molar-refractivity contribution in [1.82, 2.24) is 4.90 Å². The summed E-state index contributed by atoms with van der Waals surface area (Å²) in [6.45, 7) is 2.92. The summed E-state index contributed by atoms with van der Waals surface area (Å²) in [5, 5.41) is 0.967. The molecule has 0 amide bonds. The van der Waals surface area contributed by atoms with Gasteiger partial charge in [0.25, 0.3) is 0 Å². The van der Waals surface area contributed by atoms with Gasteiger partial charge < -0.3 is 0 Å². The highest BCUT2D eigenvalue weighted by molar-refractivity contribution is 6.42. The molecule has 30 heavy (non-hydrogen) atoms. The van der Waals surface area contributed by atoms with Crippen molar-refractivity contribution in [3.63, 3.8) is 0 Å². The predicted octanol–water partition coefficient (Wildman–Crippen LogP) is 8.06. The van der Waals surface area contributed by atoms with E-state index in [1.54, 1.807) is 12.1 Å². The highest BCUT2D eigenvalue weighted by Crippen LogP contribution is 2.41. The monoisotopic (exact) mass is 455 g/mol. The van der Waals surface area contributed by atoms with E-state index in [-0.39, 0.29) is 0 Å². The van der Waals surface area contributed by atoms with Gasteiger partial charge >= 0.3 is 6.18 Å². The van der Waals surface area contributed by atoms with E-state index in [1.807, 2.05) is 38.3 Å². The fourth-order valence-electron chi connectivity index (χ4n) is 3.97. The molecule has 0 heterocycles. The van der Waals surface area contributed by atoms with E-state index in [0.717, 1.165) is 18.2 Å². The number of hydrogen-bond donors (Lipinski definition) is 0. The zero-order valence-corrected chi connectivity index (χ0v) is 18.7. The first kappa shape index (κ1) is 23.2. The van der Waals surface area contributed by atoms with Crippen LogP contribution in [0.15, 0.2) is 48.5 Å². The highest BCUT2D eigenvalue weighted by atomic mass is 35.5. The van der Waals surface area contributed by atoms with Crippen LogP contribution in [-0.2, 0) is 11.7 Å². The van der Waals surface area contributed by atoms with Crippen molar-refractivity contribution in [2.24, 2.45) is 5.92 Å². The second kappa shape index (κ2) is 9.33. The van der Waals surface area contributed by atoms with Crippen molar-refractivity contribution in [2.45, 2.75) is 44.3 Å². The van der Waals surface area contributed by atoms with Crippen LogP contribution in [-0.4, -0.2) is 18.5 Å². The minimum absolute atomic E-state index is 0.476. The molecule has 3 rings (SSSR count). The Bertz CT molecular complexity index is 906. The predicted molar refractivity (Wildman–Crippen MR) is 119 cm³/mol. The SMILES string of the molecule is CCC(CC=Cc1ccc(Cl)c(Cl)c1)(c1cccc(C(F)(F)F)c1)N(C)CC1CC1. The molecule has 1 fully saturated rings. The van der Waals surface area contributed by atoms with Crippen LogP contribution in [0.1, 0.15) is 49.3 Å². The van der Waals surface area contributed by atoms with Crippen molar-refractivity contribution in [3.05, 3.63) is 75.3 Å². The molecule has 0 radical (unpaired) electrons.